The van der Waals surface area contributed by atoms with E-state index >= 15 is 0 Å². The highest BCUT2D eigenvalue weighted by atomic mass is 19.1. The summed E-state index contributed by atoms with van der Waals surface area (Å²) in [6, 6.07) is 7.54. The molecule has 0 unspecified atom stereocenters. The van der Waals surface area contributed by atoms with Crippen LogP contribution < -0.4 is 0 Å². The lowest BCUT2D eigenvalue weighted by Gasteiger charge is -2.18. The van der Waals surface area contributed by atoms with E-state index < -0.39 is 11.4 Å². The lowest BCUT2D eigenvalue weighted by atomic mass is 9.89. The molecule has 3 nitrogen and oxygen atoms in total. The van der Waals surface area contributed by atoms with E-state index in [0.29, 0.717) is 16.6 Å². The third-order valence-corrected chi connectivity index (χ3v) is 2.83. The number of fused-ring (bicyclic) bond motifs is 1. The Balaban J connectivity index is 2.59. The molecule has 0 atom stereocenters. The Bertz CT molecular complexity index is 593. The first-order valence-electron chi connectivity index (χ1n) is 5.21. The fourth-order valence-electron chi connectivity index (χ4n) is 1.55. The van der Waals surface area contributed by atoms with Crippen molar-refractivity contribution < 1.29 is 14.3 Å². The molecule has 1 N–H and O–H groups in total. The highest BCUT2D eigenvalue weighted by Gasteiger charge is 2.30. The summed E-state index contributed by atoms with van der Waals surface area (Å²) in [5.41, 5.74) is 0.00472. The maximum absolute atomic E-state index is 13.0. The molecule has 0 aliphatic rings. The van der Waals surface area contributed by atoms with Gasteiger partial charge in [-0.3, -0.25) is 9.78 Å². The standard InChI is InChI=1S/C13H12FNO2/c1-13(2,12(16)17)11-6-3-8-7-9(14)4-5-10(8)15-11/h3-7H,1-2H3,(H,16,17). The Labute approximate surface area is 97.9 Å². The molecule has 0 saturated carbocycles. The molecule has 4 heteroatoms. The zero-order valence-corrected chi connectivity index (χ0v) is 9.57. The van der Waals surface area contributed by atoms with Crippen LogP contribution in [0.3, 0.4) is 0 Å². The van der Waals surface area contributed by atoms with Crippen molar-refractivity contribution in [3.05, 3.63) is 41.8 Å². The monoisotopic (exact) mass is 233 g/mol. The average Bonchev–Trinajstić information content (AvgIpc) is 2.28. The SMILES string of the molecule is CC(C)(C(=O)O)c1ccc2cc(F)ccc2n1. The van der Waals surface area contributed by atoms with E-state index in [1.807, 2.05) is 0 Å². The first-order valence-corrected chi connectivity index (χ1v) is 5.21. The molecular weight excluding hydrogens is 221 g/mol. The van der Waals surface area contributed by atoms with Crippen molar-refractivity contribution >= 4 is 16.9 Å². The zero-order valence-electron chi connectivity index (χ0n) is 9.57. The molecule has 0 bridgehead atoms. The Morgan fingerprint density at radius 1 is 1.29 bits per heavy atom. The minimum Gasteiger partial charge on any atom is -0.481 e. The van der Waals surface area contributed by atoms with Gasteiger partial charge in [-0.1, -0.05) is 6.07 Å². The summed E-state index contributed by atoms with van der Waals surface area (Å²) in [7, 11) is 0. The van der Waals surface area contributed by atoms with E-state index in [1.165, 1.54) is 12.1 Å². The summed E-state index contributed by atoms with van der Waals surface area (Å²) in [4.78, 5) is 15.4. The lowest BCUT2D eigenvalue weighted by molar-refractivity contribution is -0.142. The quantitative estimate of drug-likeness (QED) is 0.867. The van der Waals surface area contributed by atoms with Gasteiger partial charge in [0, 0.05) is 5.39 Å². The van der Waals surface area contributed by atoms with Crippen molar-refractivity contribution in [1.29, 1.82) is 0 Å². The maximum Gasteiger partial charge on any atom is 0.315 e. The number of nitrogens with zero attached hydrogens (tertiary/aromatic N) is 1. The van der Waals surface area contributed by atoms with Crippen LogP contribution in [0.5, 0.6) is 0 Å². The van der Waals surface area contributed by atoms with E-state index in [9.17, 15) is 9.18 Å². The molecular formula is C13H12FNO2. The minimum absolute atomic E-state index is 0.329. The zero-order chi connectivity index (χ0) is 12.6. The molecule has 0 radical (unpaired) electrons. The topological polar surface area (TPSA) is 50.2 Å². The van der Waals surface area contributed by atoms with Crippen LogP contribution in [-0.2, 0) is 10.2 Å². The number of aliphatic carboxylic acids is 1. The van der Waals surface area contributed by atoms with Gasteiger partial charge in [0.2, 0.25) is 0 Å². The predicted octanol–water partition coefficient (Wildman–Crippen LogP) is 2.74. The second-order valence-electron chi connectivity index (χ2n) is 4.46. The molecule has 1 aromatic carbocycles. The Morgan fingerprint density at radius 2 is 2.00 bits per heavy atom. The first-order chi connectivity index (χ1) is 7.91. The summed E-state index contributed by atoms with van der Waals surface area (Å²) in [6.07, 6.45) is 0. The predicted molar refractivity (Wildman–Crippen MR) is 62.4 cm³/mol. The number of hydrogen-bond acceptors (Lipinski definition) is 2. The average molecular weight is 233 g/mol. The number of aromatic nitrogens is 1. The number of carboxylic acids is 1. The third kappa shape index (κ3) is 1.98. The molecule has 17 heavy (non-hydrogen) atoms. The number of carboxylic acid groups (broad SMARTS) is 1. The number of pyridine rings is 1. The number of rotatable bonds is 2. The van der Waals surface area contributed by atoms with Gasteiger partial charge in [-0.25, -0.2) is 4.39 Å². The molecule has 88 valence electrons. The molecule has 0 spiro atoms. The van der Waals surface area contributed by atoms with Gasteiger partial charge in [0.25, 0.3) is 0 Å². The third-order valence-electron chi connectivity index (χ3n) is 2.83. The van der Waals surface area contributed by atoms with Crippen LogP contribution in [-0.4, -0.2) is 16.1 Å². The molecule has 0 amide bonds. The van der Waals surface area contributed by atoms with Crippen LogP contribution in [0.1, 0.15) is 19.5 Å². The van der Waals surface area contributed by atoms with Crippen LogP contribution in [0.4, 0.5) is 4.39 Å². The van der Waals surface area contributed by atoms with E-state index in [0.717, 1.165) is 0 Å². The van der Waals surface area contributed by atoms with Crippen LogP contribution >= 0.6 is 0 Å². The Morgan fingerprint density at radius 3 is 2.65 bits per heavy atom. The summed E-state index contributed by atoms with van der Waals surface area (Å²) < 4.78 is 13.0. The van der Waals surface area contributed by atoms with Crippen LogP contribution in [0.2, 0.25) is 0 Å². The number of carbonyl (C=O) groups is 1. The number of benzene rings is 1. The van der Waals surface area contributed by atoms with Gasteiger partial charge >= 0.3 is 5.97 Å². The molecule has 0 saturated heterocycles. The second-order valence-corrected chi connectivity index (χ2v) is 4.46. The fraction of sp³-hybridized carbons (Fsp3) is 0.231. The van der Waals surface area contributed by atoms with Crippen molar-refractivity contribution in [2.45, 2.75) is 19.3 Å². The smallest absolute Gasteiger partial charge is 0.315 e. The Hall–Kier alpha value is -1.97. The summed E-state index contributed by atoms with van der Waals surface area (Å²) in [5.74, 6) is -1.27. The van der Waals surface area contributed by atoms with Crippen molar-refractivity contribution in [3.63, 3.8) is 0 Å². The van der Waals surface area contributed by atoms with Crippen LogP contribution in [0.25, 0.3) is 10.9 Å². The van der Waals surface area contributed by atoms with E-state index in [2.05, 4.69) is 4.98 Å². The van der Waals surface area contributed by atoms with Crippen molar-refractivity contribution in [2.24, 2.45) is 0 Å². The first kappa shape index (κ1) is 11.5. The van der Waals surface area contributed by atoms with E-state index in [1.54, 1.807) is 32.0 Å². The van der Waals surface area contributed by atoms with Crippen molar-refractivity contribution in [1.82, 2.24) is 4.98 Å². The van der Waals surface area contributed by atoms with Gasteiger partial charge < -0.3 is 5.11 Å². The summed E-state index contributed by atoms with van der Waals surface area (Å²) in [5, 5.41) is 9.77. The summed E-state index contributed by atoms with van der Waals surface area (Å²) >= 11 is 0. The fourth-order valence-corrected chi connectivity index (χ4v) is 1.55. The van der Waals surface area contributed by atoms with E-state index in [4.69, 9.17) is 5.11 Å². The molecule has 0 aliphatic carbocycles. The van der Waals surface area contributed by atoms with E-state index in [-0.39, 0.29) is 5.82 Å². The highest BCUT2D eigenvalue weighted by molar-refractivity contribution is 5.83. The van der Waals surface area contributed by atoms with Crippen LogP contribution in [0.15, 0.2) is 30.3 Å². The minimum atomic E-state index is -1.05. The second kappa shape index (κ2) is 3.80. The Kier molecular flexibility index (Phi) is 2.58. The largest absolute Gasteiger partial charge is 0.481 e. The van der Waals surface area contributed by atoms with Gasteiger partial charge in [-0.05, 0) is 38.1 Å². The number of hydrogen-bond donors (Lipinski definition) is 1. The normalized spacial score (nSPS) is 11.7. The molecule has 1 heterocycles. The van der Waals surface area contributed by atoms with Gasteiger partial charge in [0.05, 0.1) is 11.2 Å². The molecule has 1 aromatic heterocycles. The molecule has 2 rings (SSSR count). The molecule has 2 aromatic rings. The lowest BCUT2D eigenvalue weighted by Crippen LogP contribution is -2.29. The van der Waals surface area contributed by atoms with Crippen molar-refractivity contribution in [3.8, 4) is 0 Å². The van der Waals surface area contributed by atoms with Gasteiger partial charge in [0.1, 0.15) is 11.2 Å². The van der Waals surface area contributed by atoms with Crippen molar-refractivity contribution in [2.75, 3.05) is 0 Å². The molecule has 0 aliphatic heterocycles. The maximum atomic E-state index is 13.0. The van der Waals surface area contributed by atoms with Gasteiger partial charge in [-0.2, -0.15) is 0 Å². The van der Waals surface area contributed by atoms with Crippen LogP contribution in [0, 0.1) is 5.82 Å². The van der Waals surface area contributed by atoms with Gasteiger partial charge in [0.15, 0.2) is 0 Å². The highest BCUT2D eigenvalue weighted by Crippen LogP contribution is 2.24. The number of halogens is 1. The van der Waals surface area contributed by atoms with Gasteiger partial charge in [-0.15, -0.1) is 0 Å². The summed E-state index contributed by atoms with van der Waals surface area (Å²) in [6.45, 7) is 3.18. The molecule has 0 fully saturated rings.